The fraction of sp³-hybridized carbons (Fsp3) is 0.167. The van der Waals surface area contributed by atoms with E-state index in [9.17, 15) is 0 Å². The molecule has 0 amide bonds. The van der Waals surface area contributed by atoms with Gasteiger partial charge in [0, 0.05) is 10.2 Å². The zero-order valence-corrected chi connectivity index (χ0v) is 10.8. The first-order valence-corrected chi connectivity index (χ1v) is 6.02. The molecule has 5 heteroatoms. The highest BCUT2D eigenvalue weighted by Gasteiger charge is 2.14. The maximum absolute atomic E-state index is 5.96. The van der Waals surface area contributed by atoms with Gasteiger partial charge in [-0.25, -0.2) is 0 Å². The van der Waals surface area contributed by atoms with Crippen LogP contribution in [0.25, 0.3) is 0 Å². The largest absolute Gasteiger partial charge is 0.472 e. The number of anilines is 1. The Bertz CT molecular complexity index is 485. The Labute approximate surface area is 108 Å². The Morgan fingerprint density at radius 3 is 2.82 bits per heavy atom. The Balaban J connectivity index is 2.25. The van der Waals surface area contributed by atoms with E-state index in [1.807, 2.05) is 24.3 Å². The van der Waals surface area contributed by atoms with Crippen molar-refractivity contribution in [3.8, 4) is 0 Å². The number of nitrogens with one attached hydrogen (secondary N) is 1. The fourth-order valence-corrected chi connectivity index (χ4v) is 2.13. The van der Waals surface area contributed by atoms with Gasteiger partial charge in [0.15, 0.2) is 0 Å². The Kier molecular flexibility index (Phi) is 3.83. The molecule has 1 aromatic carbocycles. The molecule has 0 fully saturated rings. The molecule has 1 aromatic heterocycles. The van der Waals surface area contributed by atoms with Crippen molar-refractivity contribution < 1.29 is 4.42 Å². The first kappa shape index (κ1) is 12.2. The van der Waals surface area contributed by atoms with Crippen LogP contribution in [-0.4, -0.2) is 0 Å². The molecule has 1 unspecified atom stereocenters. The third-order valence-corrected chi connectivity index (χ3v) is 3.14. The van der Waals surface area contributed by atoms with Gasteiger partial charge in [0.05, 0.1) is 18.6 Å². The van der Waals surface area contributed by atoms with Crippen LogP contribution in [0.4, 0.5) is 5.69 Å². The van der Waals surface area contributed by atoms with E-state index in [1.165, 1.54) is 0 Å². The van der Waals surface area contributed by atoms with Gasteiger partial charge >= 0.3 is 0 Å². The van der Waals surface area contributed by atoms with E-state index < -0.39 is 0 Å². The van der Waals surface area contributed by atoms with Gasteiger partial charge in [-0.05, 0) is 41.8 Å². The second-order valence-electron chi connectivity index (χ2n) is 3.83. The lowest BCUT2D eigenvalue weighted by Gasteiger charge is -2.17. The first-order valence-electron chi connectivity index (χ1n) is 5.23. The van der Waals surface area contributed by atoms with Gasteiger partial charge in [-0.2, -0.15) is 0 Å². The van der Waals surface area contributed by atoms with E-state index in [4.69, 9.17) is 16.0 Å². The number of hydrogen-bond acceptors (Lipinski definition) is 4. The second kappa shape index (κ2) is 5.35. The predicted molar refractivity (Wildman–Crippen MR) is 71.0 cm³/mol. The van der Waals surface area contributed by atoms with Crippen LogP contribution in [0.1, 0.15) is 17.2 Å². The van der Waals surface area contributed by atoms with E-state index in [0.29, 0.717) is 0 Å². The van der Waals surface area contributed by atoms with E-state index in [1.54, 1.807) is 12.5 Å². The zero-order chi connectivity index (χ0) is 12.3. The SMILES string of the molecule is NNC(Cc1ccoc1)c1cc(Br)ccc1N. The van der Waals surface area contributed by atoms with Crippen molar-refractivity contribution in [1.82, 2.24) is 5.43 Å². The molecule has 0 spiro atoms. The lowest BCUT2D eigenvalue weighted by atomic mass is 9.99. The van der Waals surface area contributed by atoms with Crippen LogP contribution in [0.3, 0.4) is 0 Å². The van der Waals surface area contributed by atoms with Gasteiger partial charge < -0.3 is 10.2 Å². The zero-order valence-electron chi connectivity index (χ0n) is 9.19. The van der Waals surface area contributed by atoms with Gasteiger partial charge in [0.1, 0.15) is 0 Å². The maximum Gasteiger partial charge on any atom is 0.0935 e. The molecule has 0 saturated heterocycles. The molecule has 1 atom stereocenters. The van der Waals surface area contributed by atoms with E-state index in [2.05, 4.69) is 21.4 Å². The third-order valence-electron chi connectivity index (χ3n) is 2.65. The second-order valence-corrected chi connectivity index (χ2v) is 4.74. The minimum absolute atomic E-state index is 0.0369. The average Bonchev–Trinajstić information content (AvgIpc) is 2.82. The number of furan rings is 1. The van der Waals surface area contributed by atoms with Crippen molar-refractivity contribution in [2.75, 3.05) is 5.73 Å². The molecule has 1 heterocycles. The summed E-state index contributed by atoms with van der Waals surface area (Å²) in [5.41, 5.74) is 11.5. The molecule has 0 bridgehead atoms. The average molecular weight is 296 g/mol. The highest BCUT2D eigenvalue weighted by molar-refractivity contribution is 9.10. The molecule has 0 radical (unpaired) electrons. The van der Waals surface area contributed by atoms with Gasteiger partial charge in [-0.15, -0.1) is 0 Å². The van der Waals surface area contributed by atoms with Crippen molar-refractivity contribution in [2.45, 2.75) is 12.5 Å². The minimum Gasteiger partial charge on any atom is -0.472 e. The van der Waals surface area contributed by atoms with Crippen LogP contribution >= 0.6 is 15.9 Å². The summed E-state index contributed by atoms with van der Waals surface area (Å²) in [5, 5.41) is 0. The highest BCUT2D eigenvalue weighted by Crippen LogP contribution is 2.26. The summed E-state index contributed by atoms with van der Waals surface area (Å²) in [6.07, 6.45) is 4.08. The molecule has 2 rings (SSSR count). The Morgan fingerprint density at radius 1 is 1.35 bits per heavy atom. The summed E-state index contributed by atoms with van der Waals surface area (Å²) < 4.78 is 6.02. The summed E-state index contributed by atoms with van der Waals surface area (Å²) in [4.78, 5) is 0. The lowest BCUT2D eigenvalue weighted by molar-refractivity contribution is 0.536. The van der Waals surface area contributed by atoms with Crippen LogP contribution in [0, 0.1) is 0 Å². The lowest BCUT2D eigenvalue weighted by Crippen LogP contribution is -2.30. The van der Waals surface area contributed by atoms with Crippen LogP contribution in [-0.2, 0) is 6.42 Å². The van der Waals surface area contributed by atoms with E-state index in [0.717, 1.165) is 27.7 Å². The summed E-state index contributed by atoms with van der Waals surface area (Å²) in [6, 6.07) is 7.62. The first-order chi connectivity index (χ1) is 8.20. The fourth-order valence-electron chi connectivity index (χ4n) is 1.75. The normalized spacial score (nSPS) is 12.6. The molecule has 17 heavy (non-hydrogen) atoms. The topological polar surface area (TPSA) is 77.2 Å². The molecule has 90 valence electrons. The number of hydrazine groups is 1. The molecule has 2 aromatic rings. The number of nitrogen functional groups attached to an aromatic ring is 1. The van der Waals surface area contributed by atoms with Crippen LogP contribution in [0.5, 0.6) is 0 Å². The third kappa shape index (κ3) is 2.88. The van der Waals surface area contributed by atoms with Gasteiger partial charge in [0.25, 0.3) is 0 Å². The predicted octanol–water partition coefficient (Wildman–Crippen LogP) is 2.37. The molecule has 0 aliphatic rings. The van der Waals surface area contributed by atoms with Crippen LogP contribution in [0.15, 0.2) is 45.7 Å². The van der Waals surface area contributed by atoms with Crippen molar-refractivity contribution in [2.24, 2.45) is 5.84 Å². The molecule has 4 nitrogen and oxygen atoms in total. The van der Waals surface area contributed by atoms with Gasteiger partial charge in [-0.3, -0.25) is 11.3 Å². The van der Waals surface area contributed by atoms with E-state index >= 15 is 0 Å². The van der Waals surface area contributed by atoms with Crippen molar-refractivity contribution in [3.05, 3.63) is 52.4 Å². The summed E-state index contributed by atoms with van der Waals surface area (Å²) in [6.45, 7) is 0. The molecule has 5 N–H and O–H groups in total. The molecular formula is C12H14BrN3O. The number of nitrogens with two attached hydrogens (primary N) is 2. The molecule has 0 saturated carbocycles. The van der Waals surface area contributed by atoms with E-state index in [-0.39, 0.29) is 6.04 Å². The minimum atomic E-state index is -0.0369. The molecule has 0 aliphatic heterocycles. The summed E-state index contributed by atoms with van der Waals surface area (Å²) in [7, 11) is 0. The number of benzene rings is 1. The van der Waals surface area contributed by atoms with Crippen molar-refractivity contribution >= 4 is 21.6 Å². The van der Waals surface area contributed by atoms with Crippen molar-refractivity contribution in [3.63, 3.8) is 0 Å². The number of hydrogen-bond donors (Lipinski definition) is 3. The molecule has 0 aliphatic carbocycles. The highest BCUT2D eigenvalue weighted by atomic mass is 79.9. The number of halogens is 1. The Hall–Kier alpha value is -1.30. The smallest absolute Gasteiger partial charge is 0.0935 e. The quantitative estimate of drug-likeness (QED) is 0.460. The van der Waals surface area contributed by atoms with Crippen molar-refractivity contribution in [1.29, 1.82) is 0 Å². The number of rotatable bonds is 4. The van der Waals surface area contributed by atoms with Gasteiger partial charge in [0.2, 0.25) is 0 Å². The van der Waals surface area contributed by atoms with Crippen LogP contribution in [0.2, 0.25) is 0 Å². The standard InChI is InChI=1S/C12H14BrN3O/c13-9-1-2-11(14)10(6-9)12(16-15)5-8-3-4-17-7-8/h1-4,6-7,12,16H,5,14-15H2. The molecular weight excluding hydrogens is 282 g/mol. The Morgan fingerprint density at radius 2 is 2.18 bits per heavy atom. The maximum atomic E-state index is 5.96. The summed E-state index contributed by atoms with van der Waals surface area (Å²) >= 11 is 3.43. The van der Waals surface area contributed by atoms with Crippen LogP contribution < -0.4 is 17.0 Å². The monoisotopic (exact) mass is 295 g/mol. The van der Waals surface area contributed by atoms with Gasteiger partial charge in [-0.1, -0.05) is 15.9 Å². The summed E-state index contributed by atoms with van der Waals surface area (Å²) in [5.74, 6) is 5.59.